The predicted molar refractivity (Wildman–Crippen MR) is 86.0 cm³/mol. The van der Waals surface area contributed by atoms with E-state index in [1.165, 1.54) is 12.1 Å². The van der Waals surface area contributed by atoms with Gasteiger partial charge in [-0.1, -0.05) is 23.2 Å². The first-order valence-electron chi connectivity index (χ1n) is 5.87. The van der Waals surface area contributed by atoms with Gasteiger partial charge in [0.1, 0.15) is 5.82 Å². The number of benzene rings is 1. The minimum atomic E-state index is -0.652. The number of nitrogens with two attached hydrogens (primary N) is 1. The summed E-state index contributed by atoms with van der Waals surface area (Å²) in [5, 5.41) is 2.64. The second-order valence-corrected chi connectivity index (χ2v) is 6.11. The van der Waals surface area contributed by atoms with Gasteiger partial charge in [0.2, 0.25) is 0 Å². The highest BCUT2D eigenvalue weighted by Gasteiger charge is 2.31. The Kier molecular flexibility index (Phi) is 3.51. The zero-order chi connectivity index (χ0) is 16.2. The molecule has 9 heteroatoms. The number of nitrogens with one attached hydrogen (secondary N) is 1. The molecule has 0 atom stereocenters. The summed E-state index contributed by atoms with van der Waals surface area (Å²) in [6, 6.07) is 3.99. The lowest BCUT2D eigenvalue weighted by molar-refractivity contribution is 0.0880. The van der Waals surface area contributed by atoms with Crippen molar-refractivity contribution in [2.75, 3.05) is 5.73 Å². The Bertz CT molecular complexity index is 900. The second kappa shape index (κ2) is 5.12. The van der Waals surface area contributed by atoms with Crippen LogP contribution in [0.1, 0.15) is 20.7 Å². The molecule has 1 aromatic carbocycles. The summed E-state index contributed by atoms with van der Waals surface area (Å²) in [7, 11) is 0. The molecule has 0 bridgehead atoms. The quantitative estimate of drug-likeness (QED) is 0.565. The number of carbonyl (C=O) groups is 2. The Balaban J connectivity index is 2.35. The van der Waals surface area contributed by atoms with Gasteiger partial charge in [0, 0.05) is 6.07 Å². The van der Waals surface area contributed by atoms with Crippen LogP contribution in [0.2, 0.25) is 10.0 Å². The monoisotopic (exact) mass is 401 g/mol. The Hall–Kier alpha value is -1.83. The minimum absolute atomic E-state index is 0.0419. The summed E-state index contributed by atoms with van der Waals surface area (Å²) >= 11 is 15.2. The molecule has 0 radical (unpaired) electrons. The number of fused-ring (bicyclic) bond motifs is 1. The summed E-state index contributed by atoms with van der Waals surface area (Å²) < 4.78 is 1.54. The second-order valence-electron chi connectivity index (χ2n) is 4.50. The SMILES string of the molecule is Nc1c2c(cc(=O)n1-c1cc(Cl)c(Br)c(Cl)c1)C(=O)NC2=O. The van der Waals surface area contributed by atoms with Crippen molar-refractivity contribution in [3.63, 3.8) is 0 Å². The van der Waals surface area contributed by atoms with Crippen LogP contribution in [0.15, 0.2) is 27.5 Å². The first-order chi connectivity index (χ1) is 10.3. The van der Waals surface area contributed by atoms with E-state index < -0.39 is 17.4 Å². The summed E-state index contributed by atoms with van der Waals surface area (Å²) in [5.41, 5.74) is 5.54. The highest BCUT2D eigenvalue weighted by molar-refractivity contribution is 9.10. The maximum Gasteiger partial charge on any atom is 0.262 e. The molecule has 0 aliphatic carbocycles. The van der Waals surface area contributed by atoms with Gasteiger partial charge in [-0.05, 0) is 28.1 Å². The van der Waals surface area contributed by atoms with E-state index in [0.29, 0.717) is 4.47 Å². The predicted octanol–water partition coefficient (Wildman–Crippen LogP) is 2.37. The molecule has 112 valence electrons. The summed E-state index contributed by atoms with van der Waals surface area (Å²) in [6.07, 6.45) is 0. The number of carbonyl (C=O) groups excluding carboxylic acids is 2. The zero-order valence-corrected chi connectivity index (χ0v) is 13.7. The van der Waals surface area contributed by atoms with Crippen molar-refractivity contribution < 1.29 is 9.59 Å². The third kappa shape index (κ3) is 2.13. The normalized spacial score (nSPS) is 13.2. The largest absolute Gasteiger partial charge is 0.384 e. The van der Waals surface area contributed by atoms with E-state index in [1.54, 1.807) is 0 Å². The standard InChI is InChI=1S/C13H6BrCl2N3O3/c14-10-6(15)1-4(2-7(10)16)19-8(20)3-5-9(11(19)17)13(22)18-12(5)21/h1-3H,17H2,(H,18,21,22). The highest BCUT2D eigenvalue weighted by atomic mass is 79.9. The lowest BCUT2D eigenvalue weighted by Gasteiger charge is -2.13. The number of nitrogen functional groups attached to an aromatic ring is 1. The van der Waals surface area contributed by atoms with Crippen molar-refractivity contribution >= 4 is 56.8 Å². The Morgan fingerprint density at radius 1 is 1.05 bits per heavy atom. The van der Waals surface area contributed by atoms with Gasteiger partial charge in [-0.3, -0.25) is 24.3 Å². The van der Waals surface area contributed by atoms with Gasteiger partial charge in [-0.2, -0.15) is 0 Å². The molecule has 1 aliphatic rings. The molecule has 0 fully saturated rings. The summed E-state index contributed by atoms with van der Waals surface area (Å²) in [5.74, 6) is -1.45. The molecule has 0 unspecified atom stereocenters. The van der Waals surface area contributed by atoms with E-state index in [9.17, 15) is 14.4 Å². The van der Waals surface area contributed by atoms with Gasteiger partial charge in [-0.25, -0.2) is 0 Å². The van der Waals surface area contributed by atoms with Crippen LogP contribution < -0.4 is 16.6 Å². The Labute approximate surface area is 141 Å². The van der Waals surface area contributed by atoms with Gasteiger partial charge in [0.15, 0.2) is 0 Å². The third-order valence-corrected chi connectivity index (χ3v) is 5.09. The average Bonchev–Trinajstić information content (AvgIpc) is 2.71. The number of halogens is 3. The molecule has 1 aromatic heterocycles. The van der Waals surface area contributed by atoms with Crippen molar-refractivity contribution in [2.45, 2.75) is 0 Å². The van der Waals surface area contributed by atoms with Crippen molar-refractivity contribution in [3.8, 4) is 5.69 Å². The van der Waals surface area contributed by atoms with Crippen LogP contribution in [0.4, 0.5) is 5.82 Å². The molecule has 6 nitrogen and oxygen atoms in total. The first kappa shape index (κ1) is 15.1. The van der Waals surface area contributed by atoms with E-state index in [-0.39, 0.29) is 32.7 Å². The maximum absolute atomic E-state index is 12.3. The van der Waals surface area contributed by atoms with E-state index in [2.05, 4.69) is 21.2 Å². The van der Waals surface area contributed by atoms with Crippen LogP contribution in [0.3, 0.4) is 0 Å². The number of hydrogen-bond acceptors (Lipinski definition) is 4. The van der Waals surface area contributed by atoms with Crippen LogP contribution in [-0.4, -0.2) is 16.4 Å². The number of rotatable bonds is 1. The van der Waals surface area contributed by atoms with E-state index in [4.69, 9.17) is 28.9 Å². The highest BCUT2D eigenvalue weighted by Crippen LogP contribution is 2.33. The number of amides is 2. The molecule has 3 N–H and O–H groups in total. The maximum atomic E-state index is 12.3. The third-order valence-electron chi connectivity index (χ3n) is 3.18. The van der Waals surface area contributed by atoms with Crippen molar-refractivity contribution in [1.29, 1.82) is 0 Å². The van der Waals surface area contributed by atoms with Crippen LogP contribution >= 0.6 is 39.1 Å². The molecular weight excluding hydrogens is 397 g/mol. The Morgan fingerprint density at radius 3 is 2.23 bits per heavy atom. The zero-order valence-electron chi connectivity index (χ0n) is 10.6. The molecule has 0 saturated carbocycles. The molecule has 0 spiro atoms. The van der Waals surface area contributed by atoms with Crippen LogP contribution in [0.25, 0.3) is 5.69 Å². The van der Waals surface area contributed by atoms with Gasteiger partial charge in [0.05, 0.1) is 31.3 Å². The molecule has 2 amide bonds. The fourth-order valence-corrected chi connectivity index (χ4v) is 2.92. The first-order valence-corrected chi connectivity index (χ1v) is 7.42. The van der Waals surface area contributed by atoms with Crippen molar-refractivity contribution in [1.82, 2.24) is 9.88 Å². The van der Waals surface area contributed by atoms with E-state index in [0.717, 1.165) is 10.6 Å². The van der Waals surface area contributed by atoms with Gasteiger partial charge >= 0.3 is 0 Å². The average molecular weight is 403 g/mol. The summed E-state index contributed by atoms with van der Waals surface area (Å²) in [4.78, 5) is 35.6. The molecule has 2 aromatic rings. The van der Waals surface area contributed by atoms with Crippen LogP contribution in [0.5, 0.6) is 0 Å². The van der Waals surface area contributed by atoms with E-state index >= 15 is 0 Å². The lowest BCUT2D eigenvalue weighted by atomic mass is 10.1. The number of anilines is 1. The number of nitrogens with zero attached hydrogens (tertiary/aromatic N) is 1. The molecule has 0 saturated heterocycles. The molecular formula is C13H6BrCl2N3O3. The van der Waals surface area contributed by atoms with E-state index in [1.807, 2.05) is 0 Å². The van der Waals surface area contributed by atoms with Gasteiger partial charge in [-0.15, -0.1) is 0 Å². The molecule has 2 heterocycles. The van der Waals surface area contributed by atoms with Crippen LogP contribution in [-0.2, 0) is 0 Å². The number of pyridine rings is 1. The number of aromatic nitrogens is 1. The van der Waals surface area contributed by atoms with Gasteiger partial charge < -0.3 is 5.73 Å². The number of imide groups is 1. The lowest BCUT2D eigenvalue weighted by Crippen LogP contribution is -2.24. The van der Waals surface area contributed by atoms with Crippen molar-refractivity contribution in [2.24, 2.45) is 0 Å². The fraction of sp³-hybridized carbons (Fsp3) is 0. The Morgan fingerprint density at radius 2 is 1.64 bits per heavy atom. The topological polar surface area (TPSA) is 94.2 Å². The molecule has 22 heavy (non-hydrogen) atoms. The molecule has 1 aliphatic heterocycles. The number of hydrogen-bond donors (Lipinski definition) is 2. The fourth-order valence-electron chi connectivity index (χ4n) is 2.22. The van der Waals surface area contributed by atoms with Crippen molar-refractivity contribution in [3.05, 3.63) is 54.2 Å². The summed E-state index contributed by atoms with van der Waals surface area (Å²) in [6.45, 7) is 0. The smallest absolute Gasteiger partial charge is 0.262 e. The van der Waals surface area contributed by atoms with Crippen LogP contribution in [0, 0.1) is 0 Å². The minimum Gasteiger partial charge on any atom is -0.384 e. The molecule has 3 rings (SSSR count). The van der Waals surface area contributed by atoms with Gasteiger partial charge in [0.25, 0.3) is 17.4 Å².